The highest BCUT2D eigenvalue weighted by Gasteiger charge is 2.24. The second-order valence-corrected chi connectivity index (χ2v) is 23.1. The van der Waals surface area contributed by atoms with Crippen molar-refractivity contribution in [3.8, 4) is 50.8 Å². The average molecular weight is 1120 g/mol. The summed E-state index contributed by atoms with van der Waals surface area (Å²) in [6, 6.07) is 97.1. The fourth-order valence-corrected chi connectivity index (χ4v) is 14.6. The molecule has 13 aromatic carbocycles. The number of fused-ring (bicyclic) bond motifs is 22. The van der Waals surface area contributed by atoms with Gasteiger partial charge >= 0.3 is 0 Å². The highest BCUT2D eigenvalue weighted by Crippen LogP contribution is 2.46. The molecule has 0 saturated heterocycles. The van der Waals surface area contributed by atoms with Crippen LogP contribution in [0, 0.1) is 0 Å². The zero-order valence-electron chi connectivity index (χ0n) is 46.9. The van der Waals surface area contributed by atoms with Gasteiger partial charge in [0.2, 0.25) is 0 Å². The van der Waals surface area contributed by atoms with Crippen molar-refractivity contribution in [3.63, 3.8) is 0 Å². The zero-order chi connectivity index (χ0) is 57.3. The Labute approximate surface area is 500 Å². The third-order valence-corrected chi connectivity index (χ3v) is 18.4. The van der Waals surface area contributed by atoms with Gasteiger partial charge in [0.05, 0.1) is 60.5 Å². The SMILES string of the molecule is c1cc(-c2nc(-c3ccc(-n4c5ccccc5c5ccc6oc7ccccc7c6c54)cc3)nc3ccc(-c4ccc(-n5c6ccccc6c6ccc7oc8ccccc8c7c65)cc4)cc23)cc(-n2c3ccccc3c3ccc4oc5ccccc5c4c32)c1. The molecule has 0 aliphatic heterocycles. The first-order valence-corrected chi connectivity index (χ1v) is 29.8. The Morgan fingerprint density at radius 3 is 1.12 bits per heavy atom. The normalized spacial score (nSPS) is 12.3. The van der Waals surface area contributed by atoms with Crippen LogP contribution in [0.15, 0.2) is 286 Å². The summed E-state index contributed by atoms with van der Waals surface area (Å²) in [5.41, 5.74) is 20.8. The summed E-state index contributed by atoms with van der Waals surface area (Å²) < 4.78 is 26.6. The summed E-state index contributed by atoms with van der Waals surface area (Å²) in [4.78, 5) is 11.1. The lowest BCUT2D eigenvalue weighted by Crippen LogP contribution is -1.99. The fourth-order valence-electron chi connectivity index (χ4n) is 14.6. The van der Waals surface area contributed by atoms with Gasteiger partial charge in [-0.25, -0.2) is 9.97 Å². The van der Waals surface area contributed by atoms with Crippen LogP contribution in [0.5, 0.6) is 0 Å². The van der Waals surface area contributed by atoms with Crippen molar-refractivity contribution in [3.05, 3.63) is 273 Å². The van der Waals surface area contributed by atoms with Crippen LogP contribution in [0.2, 0.25) is 0 Å². The van der Waals surface area contributed by atoms with Gasteiger partial charge in [-0.2, -0.15) is 0 Å². The largest absolute Gasteiger partial charge is 0.456 e. The number of rotatable bonds is 6. The molecule has 0 atom stereocenters. The summed E-state index contributed by atoms with van der Waals surface area (Å²) in [6.07, 6.45) is 0. The van der Waals surface area contributed by atoms with Crippen molar-refractivity contribution >= 4 is 142 Å². The number of benzene rings is 13. The van der Waals surface area contributed by atoms with E-state index in [0.29, 0.717) is 5.82 Å². The lowest BCUT2D eigenvalue weighted by atomic mass is 9.99. The second-order valence-electron chi connectivity index (χ2n) is 23.1. The van der Waals surface area contributed by atoms with Crippen LogP contribution in [0.4, 0.5) is 0 Å². The summed E-state index contributed by atoms with van der Waals surface area (Å²) in [6.45, 7) is 0. The molecule has 0 bridgehead atoms. The van der Waals surface area contributed by atoms with Gasteiger partial charge in [0.15, 0.2) is 5.82 Å². The Morgan fingerprint density at radius 2 is 0.648 bits per heavy atom. The van der Waals surface area contributed by atoms with E-state index in [1.807, 2.05) is 24.3 Å². The van der Waals surface area contributed by atoms with Crippen molar-refractivity contribution in [1.29, 1.82) is 0 Å². The Balaban J connectivity index is 0.769. The Hall–Kier alpha value is -12.0. The van der Waals surface area contributed by atoms with E-state index < -0.39 is 0 Å². The highest BCUT2D eigenvalue weighted by molar-refractivity contribution is 6.27. The van der Waals surface area contributed by atoms with E-state index in [-0.39, 0.29) is 0 Å². The van der Waals surface area contributed by atoms with Crippen LogP contribution < -0.4 is 0 Å². The van der Waals surface area contributed by atoms with Crippen LogP contribution in [-0.2, 0) is 0 Å². The first-order chi connectivity index (χ1) is 43.6. The molecule has 8 heteroatoms. The van der Waals surface area contributed by atoms with Crippen LogP contribution >= 0.6 is 0 Å². The van der Waals surface area contributed by atoms with E-state index in [1.165, 1.54) is 32.3 Å². The van der Waals surface area contributed by atoms with Gasteiger partial charge in [0.25, 0.3) is 0 Å². The van der Waals surface area contributed by atoms with E-state index in [9.17, 15) is 0 Å². The number of para-hydroxylation sites is 6. The van der Waals surface area contributed by atoms with Gasteiger partial charge < -0.3 is 27.0 Å². The first-order valence-electron chi connectivity index (χ1n) is 29.8. The van der Waals surface area contributed by atoms with E-state index in [1.54, 1.807) is 0 Å². The van der Waals surface area contributed by atoms with Gasteiger partial charge in [0.1, 0.15) is 33.5 Å². The molecule has 0 aliphatic rings. The van der Waals surface area contributed by atoms with Crippen molar-refractivity contribution in [2.75, 3.05) is 0 Å². The van der Waals surface area contributed by atoms with Crippen molar-refractivity contribution in [2.45, 2.75) is 0 Å². The molecule has 0 unspecified atom stereocenters. The van der Waals surface area contributed by atoms with Crippen LogP contribution in [0.25, 0.3) is 193 Å². The average Bonchev–Trinajstić information content (AvgIpc) is 1.85. The number of furan rings is 3. The molecule has 7 heterocycles. The molecule has 8 nitrogen and oxygen atoms in total. The molecule has 0 aliphatic carbocycles. The van der Waals surface area contributed by atoms with Gasteiger partial charge in [-0.3, -0.25) is 0 Å². The second kappa shape index (κ2) is 17.8. The molecule has 0 N–H and O–H groups in total. The Kier molecular flexibility index (Phi) is 9.57. The third kappa shape index (κ3) is 6.62. The maximum Gasteiger partial charge on any atom is 0.160 e. The monoisotopic (exact) mass is 1120 g/mol. The topological polar surface area (TPSA) is 80.0 Å². The minimum absolute atomic E-state index is 0.635. The number of aromatic nitrogens is 5. The molecule has 0 amide bonds. The highest BCUT2D eigenvalue weighted by atomic mass is 16.3. The van der Waals surface area contributed by atoms with E-state index in [0.717, 1.165) is 155 Å². The molecule has 0 spiro atoms. The maximum atomic E-state index is 6.53. The van der Waals surface area contributed by atoms with E-state index >= 15 is 0 Å². The first kappa shape index (κ1) is 47.4. The minimum Gasteiger partial charge on any atom is -0.456 e. The van der Waals surface area contributed by atoms with Crippen LogP contribution in [0.3, 0.4) is 0 Å². The number of nitrogens with zero attached hydrogens (tertiary/aromatic N) is 5. The van der Waals surface area contributed by atoms with Crippen LogP contribution in [0.1, 0.15) is 0 Å². The Bertz CT molecular complexity index is 6370. The standard InChI is InChI=1S/C80H45N5O3/c1-7-22-64-53(16-1)56-37-41-70-73(59-19-4-10-25-67(59)86-70)77(56)83(64)50-33-28-46(29-34-50)48-32-40-63-62(45-48)76(49-14-13-15-52(44-49)85-66-24-9-3-18-55(66)58-39-43-72-75(79(58)85)61-21-6-12-27-69(61)88-72)82-80(81-63)47-30-35-51(36-31-47)84-65-23-8-2-17-54(65)57-38-42-71-74(78(57)84)60-20-5-11-26-68(60)87-71/h1-45H. The molecule has 20 rings (SSSR count). The predicted molar refractivity (Wildman–Crippen MR) is 361 cm³/mol. The summed E-state index contributed by atoms with van der Waals surface area (Å²) in [7, 11) is 0. The lowest BCUT2D eigenvalue weighted by Gasteiger charge is -2.14. The van der Waals surface area contributed by atoms with E-state index in [4.69, 9.17) is 23.2 Å². The Morgan fingerprint density at radius 1 is 0.239 bits per heavy atom. The van der Waals surface area contributed by atoms with Crippen LogP contribution in [-0.4, -0.2) is 23.7 Å². The van der Waals surface area contributed by atoms with E-state index in [2.05, 4.69) is 262 Å². The summed E-state index contributed by atoms with van der Waals surface area (Å²) >= 11 is 0. The number of hydrogen-bond acceptors (Lipinski definition) is 5. The maximum absolute atomic E-state index is 6.53. The molecule has 408 valence electrons. The molecule has 7 aromatic heterocycles. The smallest absolute Gasteiger partial charge is 0.160 e. The molecule has 0 saturated carbocycles. The number of hydrogen-bond donors (Lipinski definition) is 0. The molecule has 0 fully saturated rings. The molecular weight excluding hydrogens is 1080 g/mol. The zero-order valence-corrected chi connectivity index (χ0v) is 46.9. The fraction of sp³-hybridized carbons (Fsp3) is 0. The molecule has 88 heavy (non-hydrogen) atoms. The lowest BCUT2D eigenvalue weighted by molar-refractivity contribution is 0.669. The minimum atomic E-state index is 0.635. The van der Waals surface area contributed by atoms with Crippen molar-refractivity contribution in [1.82, 2.24) is 23.7 Å². The molecular formula is C80H45N5O3. The summed E-state index contributed by atoms with van der Waals surface area (Å²) in [5, 5.41) is 14.6. The third-order valence-electron chi connectivity index (χ3n) is 18.4. The van der Waals surface area contributed by atoms with Gasteiger partial charge in [-0.05, 0) is 145 Å². The molecule has 20 aromatic rings. The summed E-state index contributed by atoms with van der Waals surface area (Å²) in [5.74, 6) is 0.635. The van der Waals surface area contributed by atoms with Gasteiger partial charge in [0, 0.05) is 82.1 Å². The van der Waals surface area contributed by atoms with Crippen molar-refractivity contribution in [2.24, 2.45) is 0 Å². The van der Waals surface area contributed by atoms with Gasteiger partial charge in [-0.15, -0.1) is 0 Å². The quantitative estimate of drug-likeness (QED) is 0.166. The van der Waals surface area contributed by atoms with Crippen molar-refractivity contribution < 1.29 is 13.3 Å². The predicted octanol–water partition coefficient (Wildman–Crippen LogP) is 21.6. The molecule has 0 radical (unpaired) electrons. The van der Waals surface area contributed by atoms with Gasteiger partial charge in [-0.1, -0.05) is 140 Å².